The number of carbonyl (C=O) groups is 2. The second-order valence-corrected chi connectivity index (χ2v) is 1.41. The fourth-order valence-electron chi connectivity index (χ4n) is 0.258. The molecule has 0 rings (SSSR count). The van der Waals surface area contributed by atoms with Gasteiger partial charge in [0.1, 0.15) is 0 Å². The van der Waals surface area contributed by atoms with Gasteiger partial charge in [-0.15, -0.1) is 0 Å². The van der Waals surface area contributed by atoms with Crippen LogP contribution in [-0.2, 0) is 9.59 Å². The van der Waals surface area contributed by atoms with E-state index in [4.69, 9.17) is 5.73 Å². The Morgan fingerprint density at radius 3 is 2.25 bits per heavy atom. The highest BCUT2D eigenvalue weighted by atomic mass is 16.2. The van der Waals surface area contributed by atoms with Crippen molar-refractivity contribution in [2.24, 2.45) is 5.73 Å². The average molecular weight is 113 g/mol. The lowest BCUT2D eigenvalue weighted by atomic mass is 10.3. The zero-order chi connectivity index (χ0) is 6.57. The third kappa shape index (κ3) is 3.08. The van der Waals surface area contributed by atoms with Crippen LogP contribution in [0.15, 0.2) is 11.8 Å². The van der Waals surface area contributed by atoms with E-state index in [1.807, 2.05) is 0 Å². The lowest BCUT2D eigenvalue weighted by Gasteiger charge is -1.81. The van der Waals surface area contributed by atoms with Crippen molar-refractivity contribution in [1.82, 2.24) is 0 Å². The zero-order valence-corrected chi connectivity index (χ0v) is 4.55. The van der Waals surface area contributed by atoms with Crippen molar-refractivity contribution in [2.45, 2.75) is 6.92 Å². The Morgan fingerprint density at radius 2 is 2.12 bits per heavy atom. The molecule has 0 saturated heterocycles. The molecular weight excluding hydrogens is 106 g/mol. The highest BCUT2D eigenvalue weighted by Crippen LogP contribution is 1.77. The summed E-state index contributed by atoms with van der Waals surface area (Å²) >= 11 is 0. The number of carbonyl (C=O) groups excluding carboxylic acids is 2. The molecule has 0 atom stereocenters. The molecule has 0 aliphatic rings. The van der Waals surface area contributed by atoms with Gasteiger partial charge in [0.05, 0.1) is 0 Å². The fraction of sp³-hybridized carbons (Fsp3) is 0.200. The highest BCUT2D eigenvalue weighted by molar-refractivity contribution is 6.30. The minimum atomic E-state index is -0.593. The van der Waals surface area contributed by atoms with Gasteiger partial charge in [-0.1, -0.05) is 0 Å². The van der Waals surface area contributed by atoms with Crippen molar-refractivity contribution in [1.29, 1.82) is 0 Å². The standard InChI is InChI=1S/C5H7NO2/c1-4(6)2-5(8)3-7/h2-3H,6H2,1H3. The Bertz CT molecular complexity index is 133. The Balaban J connectivity index is 3.89. The van der Waals surface area contributed by atoms with Crippen LogP contribution in [0.5, 0.6) is 0 Å². The first kappa shape index (κ1) is 6.88. The van der Waals surface area contributed by atoms with Gasteiger partial charge < -0.3 is 5.73 Å². The maximum Gasteiger partial charge on any atom is 0.219 e. The molecule has 0 aliphatic carbocycles. The maximum atomic E-state index is 10.1. The topological polar surface area (TPSA) is 60.2 Å². The lowest BCUT2D eigenvalue weighted by molar-refractivity contribution is -0.126. The third-order valence-electron chi connectivity index (χ3n) is 0.486. The van der Waals surface area contributed by atoms with Gasteiger partial charge in [-0.05, 0) is 6.92 Å². The van der Waals surface area contributed by atoms with Crippen molar-refractivity contribution < 1.29 is 9.59 Å². The maximum absolute atomic E-state index is 10.1. The van der Waals surface area contributed by atoms with Crippen molar-refractivity contribution in [3.63, 3.8) is 0 Å². The normalized spacial score (nSPS) is 10.9. The molecule has 0 radical (unpaired) electrons. The summed E-state index contributed by atoms with van der Waals surface area (Å²) in [5.74, 6) is -0.593. The van der Waals surface area contributed by atoms with Crippen LogP contribution in [-0.4, -0.2) is 12.1 Å². The van der Waals surface area contributed by atoms with Crippen molar-refractivity contribution in [3.8, 4) is 0 Å². The highest BCUT2D eigenvalue weighted by Gasteiger charge is 1.89. The first-order valence-corrected chi connectivity index (χ1v) is 2.09. The van der Waals surface area contributed by atoms with Crippen LogP contribution < -0.4 is 5.73 Å². The van der Waals surface area contributed by atoms with Gasteiger partial charge in [0, 0.05) is 11.8 Å². The first-order valence-electron chi connectivity index (χ1n) is 2.09. The summed E-state index contributed by atoms with van der Waals surface area (Å²) in [5.41, 5.74) is 5.40. The van der Waals surface area contributed by atoms with E-state index in [-0.39, 0.29) is 6.29 Å². The van der Waals surface area contributed by atoms with Crippen LogP contribution in [0.25, 0.3) is 0 Å². The van der Waals surface area contributed by atoms with Crippen LogP contribution in [0.1, 0.15) is 6.92 Å². The molecule has 0 amide bonds. The van der Waals surface area contributed by atoms with Crippen molar-refractivity contribution in [3.05, 3.63) is 11.8 Å². The Labute approximate surface area is 47.2 Å². The molecule has 0 aromatic rings. The predicted octanol–water partition coefficient (Wildman–Crippen LogP) is -0.383. The van der Waals surface area contributed by atoms with E-state index in [1.165, 1.54) is 0 Å². The van der Waals surface area contributed by atoms with E-state index in [9.17, 15) is 9.59 Å². The molecule has 44 valence electrons. The molecular formula is C5H7NO2. The molecule has 0 bridgehead atoms. The molecule has 0 unspecified atom stereocenters. The van der Waals surface area contributed by atoms with E-state index in [0.717, 1.165) is 6.08 Å². The van der Waals surface area contributed by atoms with E-state index in [1.54, 1.807) is 6.92 Å². The van der Waals surface area contributed by atoms with Gasteiger partial charge in [0.15, 0.2) is 6.29 Å². The summed E-state index contributed by atoms with van der Waals surface area (Å²) in [7, 11) is 0. The molecule has 3 heteroatoms. The number of nitrogens with two attached hydrogens (primary N) is 1. The van der Waals surface area contributed by atoms with E-state index in [2.05, 4.69) is 0 Å². The smallest absolute Gasteiger partial charge is 0.219 e. The van der Waals surface area contributed by atoms with E-state index in [0.29, 0.717) is 5.70 Å². The van der Waals surface area contributed by atoms with Gasteiger partial charge in [-0.2, -0.15) is 0 Å². The van der Waals surface area contributed by atoms with Crippen LogP contribution in [0.4, 0.5) is 0 Å². The largest absolute Gasteiger partial charge is 0.402 e. The molecule has 0 aliphatic heterocycles. The third-order valence-corrected chi connectivity index (χ3v) is 0.486. The van der Waals surface area contributed by atoms with Crippen LogP contribution >= 0.6 is 0 Å². The molecule has 0 aromatic carbocycles. The van der Waals surface area contributed by atoms with Crippen LogP contribution in [0, 0.1) is 0 Å². The molecule has 2 N–H and O–H groups in total. The molecule has 8 heavy (non-hydrogen) atoms. The molecule has 3 nitrogen and oxygen atoms in total. The van der Waals surface area contributed by atoms with Crippen molar-refractivity contribution >= 4 is 12.1 Å². The average Bonchev–Trinajstić information content (AvgIpc) is 1.65. The Morgan fingerprint density at radius 1 is 1.62 bits per heavy atom. The number of allylic oxidation sites excluding steroid dienone is 2. The quantitative estimate of drug-likeness (QED) is 0.301. The van der Waals surface area contributed by atoms with E-state index < -0.39 is 5.78 Å². The summed E-state index contributed by atoms with van der Waals surface area (Å²) < 4.78 is 0. The second kappa shape index (κ2) is 2.96. The Kier molecular flexibility index (Phi) is 2.54. The molecule has 0 fully saturated rings. The van der Waals surface area contributed by atoms with Crippen LogP contribution in [0.2, 0.25) is 0 Å². The molecule has 0 spiro atoms. The van der Waals surface area contributed by atoms with Gasteiger partial charge in [-0.25, -0.2) is 0 Å². The number of rotatable bonds is 2. The van der Waals surface area contributed by atoms with Gasteiger partial charge in [-0.3, -0.25) is 9.59 Å². The molecule has 0 saturated carbocycles. The molecule has 0 heterocycles. The second-order valence-electron chi connectivity index (χ2n) is 1.41. The van der Waals surface area contributed by atoms with Gasteiger partial charge in [0.2, 0.25) is 5.78 Å². The monoisotopic (exact) mass is 113 g/mol. The van der Waals surface area contributed by atoms with Gasteiger partial charge in [0.25, 0.3) is 0 Å². The minimum absolute atomic E-state index is 0.219. The number of aldehydes is 1. The Hall–Kier alpha value is -1.12. The number of ketones is 1. The predicted molar refractivity (Wildman–Crippen MR) is 29.0 cm³/mol. The number of hydrogen-bond acceptors (Lipinski definition) is 3. The SMILES string of the molecule is CC(N)=CC(=O)C=O. The summed E-state index contributed by atoms with van der Waals surface area (Å²) in [6.45, 7) is 1.54. The number of hydrogen-bond donors (Lipinski definition) is 1. The fourth-order valence-corrected chi connectivity index (χ4v) is 0.258. The zero-order valence-electron chi connectivity index (χ0n) is 4.55. The van der Waals surface area contributed by atoms with Crippen molar-refractivity contribution in [2.75, 3.05) is 0 Å². The summed E-state index contributed by atoms with van der Waals surface area (Å²) in [4.78, 5) is 19.7. The minimum Gasteiger partial charge on any atom is -0.402 e. The van der Waals surface area contributed by atoms with Crippen LogP contribution in [0.3, 0.4) is 0 Å². The van der Waals surface area contributed by atoms with E-state index >= 15 is 0 Å². The molecule has 0 aromatic heterocycles. The lowest BCUT2D eigenvalue weighted by Crippen LogP contribution is -1.98. The summed E-state index contributed by atoms with van der Waals surface area (Å²) in [6, 6.07) is 0. The van der Waals surface area contributed by atoms with Gasteiger partial charge >= 0.3 is 0 Å². The summed E-state index contributed by atoms with van der Waals surface area (Å²) in [5, 5.41) is 0. The first-order chi connectivity index (χ1) is 3.66. The summed E-state index contributed by atoms with van der Waals surface area (Å²) in [6.07, 6.45) is 1.30.